The highest BCUT2D eigenvalue weighted by atomic mass is 19.1. The van der Waals surface area contributed by atoms with E-state index in [0.29, 0.717) is 30.2 Å². The molecule has 6 nitrogen and oxygen atoms in total. The van der Waals surface area contributed by atoms with Gasteiger partial charge in [-0.15, -0.1) is 0 Å². The molecule has 4 rings (SSSR count). The summed E-state index contributed by atoms with van der Waals surface area (Å²) >= 11 is 0. The van der Waals surface area contributed by atoms with Gasteiger partial charge in [0.05, 0.1) is 0 Å². The van der Waals surface area contributed by atoms with Gasteiger partial charge in [-0.3, -0.25) is 4.79 Å². The molecule has 178 valence electrons. The van der Waals surface area contributed by atoms with Crippen LogP contribution in [-0.4, -0.2) is 22.6 Å². The second-order valence-corrected chi connectivity index (χ2v) is 8.44. The molecular formula is C27H28FNO5. The summed E-state index contributed by atoms with van der Waals surface area (Å²) in [5, 5.41) is 11.9. The van der Waals surface area contributed by atoms with E-state index in [2.05, 4.69) is 5.32 Å². The topological polar surface area (TPSA) is 84.9 Å². The van der Waals surface area contributed by atoms with Gasteiger partial charge in [-0.25, -0.2) is 9.18 Å². The van der Waals surface area contributed by atoms with Gasteiger partial charge < -0.3 is 19.9 Å². The second kappa shape index (κ2) is 10.4. The Bertz CT molecular complexity index is 1210. The molecule has 2 N–H and O–H groups in total. The quantitative estimate of drug-likeness (QED) is 0.491. The molecule has 0 aliphatic carbocycles. The lowest BCUT2D eigenvalue weighted by Crippen LogP contribution is -2.38. The van der Waals surface area contributed by atoms with Crippen LogP contribution in [0.4, 0.5) is 4.39 Å². The summed E-state index contributed by atoms with van der Waals surface area (Å²) in [7, 11) is 0. The minimum absolute atomic E-state index is 0.0515. The van der Waals surface area contributed by atoms with Gasteiger partial charge in [-0.1, -0.05) is 25.1 Å². The molecule has 3 aromatic rings. The van der Waals surface area contributed by atoms with Crippen LogP contribution in [0.25, 0.3) is 0 Å². The Hall–Kier alpha value is -3.87. The Morgan fingerprint density at radius 1 is 1.09 bits per heavy atom. The third-order valence-corrected chi connectivity index (χ3v) is 5.30. The summed E-state index contributed by atoms with van der Waals surface area (Å²) < 4.78 is 24.8. The number of carbonyl (C=O) groups excluding carboxylic acids is 1. The van der Waals surface area contributed by atoms with Gasteiger partial charge in [0.2, 0.25) is 0 Å². The van der Waals surface area contributed by atoms with Crippen LogP contribution in [-0.2, 0) is 17.8 Å². The Balaban J connectivity index is 0.000000266. The lowest BCUT2D eigenvalue weighted by Gasteiger charge is -2.23. The number of aryl methyl sites for hydroxylation is 2. The van der Waals surface area contributed by atoms with E-state index in [0.717, 1.165) is 22.3 Å². The fourth-order valence-corrected chi connectivity index (χ4v) is 3.31. The summed E-state index contributed by atoms with van der Waals surface area (Å²) in [5.74, 6) is 0.0728. The van der Waals surface area contributed by atoms with Crippen molar-refractivity contribution in [2.45, 2.75) is 46.3 Å². The number of benzene rings is 3. The monoisotopic (exact) mass is 465 g/mol. The molecule has 0 saturated heterocycles. The SMILES string of the molecule is CCc1cc(F)cc(Oc2ccc(OC(C)(C)C(=O)O)c(C)c2)c1.O=C1NCc2ccccc21. The number of rotatable bonds is 6. The van der Waals surface area contributed by atoms with Crippen molar-refractivity contribution in [3.8, 4) is 17.2 Å². The van der Waals surface area contributed by atoms with Crippen molar-refractivity contribution in [1.82, 2.24) is 5.32 Å². The van der Waals surface area contributed by atoms with Crippen LogP contribution < -0.4 is 14.8 Å². The maximum Gasteiger partial charge on any atom is 0.347 e. The standard InChI is InChI=1S/C19H21FO4.C8H7NO/c1-5-13-9-14(20)11-16(10-13)23-15-6-7-17(12(2)8-15)24-19(3,4)18(21)22;10-8-7-4-2-1-3-6(7)5-9-8/h6-11H,5H2,1-4H3,(H,21,22);1-4H,5H2,(H,9,10). The fourth-order valence-electron chi connectivity index (χ4n) is 3.31. The summed E-state index contributed by atoms with van der Waals surface area (Å²) in [6.45, 7) is 7.40. The van der Waals surface area contributed by atoms with Crippen molar-refractivity contribution in [3.63, 3.8) is 0 Å². The van der Waals surface area contributed by atoms with E-state index in [4.69, 9.17) is 14.6 Å². The third-order valence-electron chi connectivity index (χ3n) is 5.30. The van der Waals surface area contributed by atoms with Gasteiger partial charge in [0.15, 0.2) is 5.60 Å². The van der Waals surface area contributed by atoms with Crippen LogP contribution >= 0.6 is 0 Å². The minimum atomic E-state index is -1.33. The van der Waals surface area contributed by atoms with Gasteiger partial charge in [0.25, 0.3) is 5.91 Å². The van der Waals surface area contributed by atoms with Crippen LogP contribution in [0.5, 0.6) is 17.2 Å². The molecule has 1 amide bonds. The Labute approximate surface area is 198 Å². The van der Waals surface area contributed by atoms with Crippen molar-refractivity contribution < 1.29 is 28.6 Å². The first kappa shape index (κ1) is 24.8. The van der Waals surface area contributed by atoms with E-state index in [9.17, 15) is 14.0 Å². The van der Waals surface area contributed by atoms with Crippen LogP contribution in [0.3, 0.4) is 0 Å². The molecule has 0 radical (unpaired) electrons. The molecule has 0 saturated carbocycles. The number of hydrogen-bond donors (Lipinski definition) is 2. The minimum Gasteiger partial charge on any atom is -0.478 e. The normalized spacial score (nSPS) is 12.2. The van der Waals surface area contributed by atoms with Crippen LogP contribution in [0.1, 0.15) is 47.8 Å². The highest BCUT2D eigenvalue weighted by Gasteiger charge is 2.30. The smallest absolute Gasteiger partial charge is 0.347 e. The van der Waals surface area contributed by atoms with Crippen molar-refractivity contribution in [2.75, 3.05) is 0 Å². The molecule has 0 bridgehead atoms. The predicted octanol–water partition coefficient (Wildman–Crippen LogP) is 5.66. The first-order valence-corrected chi connectivity index (χ1v) is 11.0. The summed E-state index contributed by atoms with van der Waals surface area (Å²) in [6.07, 6.45) is 0.712. The molecule has 7 heteroatoms. The number of carboxylic acids is 1. The number of ether oxygens (including phenoxy) is 2. The molecule has 34 heavy (non-hydrogen) atoms. The maximum atomic E-state index is 13.6. The molecule has 1 heterocycles. The van der Waals surface area contributed by atoms with Crippen LogP contribution in [0, 0.1) is 12.7 Å². The second-order valence-electron chi connectivity index (χ2n) is 8.44. The fraction of sp³-hybridized carbons (Fsp3) is 0.259. The van der Waals surface area contributed by atoms with E-state index < -0.39 is 11.6 Å². The molecule has 0 fully saturated rings. The van der Waals surface area contributed by atoms with Gasteiger partial charge >= 0.3 is 5.97 Å². The van der Waals surface area contributed by atoms with Crippen molar-refractivity contribution >= 4 is 11.9 Å². The van der Waals surface area contributed by atoms with Crippen molar-refractivity contribution in [1.29, 1.82) is 0 Å². The number of fused-ring (bicyclic) bond motifs is 1. The zero-order chi connectivity index (χ0) is 24.9. The average Bonchev–Trinajstić information content (AvgIpc) is 3.16. The van der Waals surface area contributed by atoms with Gasteiger partial charge in [-0.2, -0.15) is 0 Å². The average molecular weight is 466 g/mol. The molecule has 0 atom stereocenters. The Morgan fingerprint density at radius 2 is 1.82 bits per heavy atom. The van der Waals surface area contributed by atoms with E-state index >= 15 is 0 Å². The first-order valence-electron chi connectivity index (χ1n) is 11.0. The predicted molar refractivity (Wildman–Crippen MR) is 127 cm³/mol. The molecular weight excluding hydrogens is 437 g/mol. The highest BCUT2D eigenvalue weighted by Crippen LogP contribution is 2.30. The maximum absolute atomic E-state index is 13.6. The summed E-state index contributed by atoms with van der Waals surface area (Å²) in [5.41, 5.74) is 2.18. The molecule has 0 unspecified atom stereocenters. The number of aliphatic carboxylic acids is 1. The van der Waals surface area contributed by atoms with Gasteiger partial charge in [-0.05, 0) is 80.3 Å². The van der Waals surface area contributed by atoms with E-state index in [-0.39, 0.29) is 11.7 Å². The molecule has 0 spiro atoms. The van der Waals surface area contributed by atoms with E-state index in [1.165, 1.54) is 26.0 Å². The zero-order valence-electron chi connectivity index (χ0n) is 19.6. The molecule has 3 aromatic carbocycles. The lowest BCUT2D eigenvalue weighted by molar-refractivity contribution is -0.152. The number of carbonyl (C=O) groups is 2. The van der Waals surface area contributed by atoms with Crippen molar-refractivity contribution in [2.24, 2.45) is 0 Å². The van der Waals surface area contributed by atoms with Gasteiger partial charge in [0, 0.05) is 18.2 Å². The van der Waals surface area contributed by atoms with Gasteiger partial charge in [0.1, 0.15) is 23.1 Å². The number of hydrogen-bond acceptors (Lipinski definition) is 4. The summed E-state index contributed by atoms with van der Waals surface area (Å²) in [4.78, 5) is 22.1. The van der Waals surface area contributed by atoms with E-state index in [1.807, 2.05) is 31.2 Å². The third kappa shape index (κ3) is 6.13. The number of amides is 1. The lowest BCUT2D eigenvalue weighted by atomic mass is 10.1. The Kier molecular flexibility index (Phi) is 7.56. The zero-order valence-corrected chi connectivity index (χ0v) is 19.6. The van der Waals surface area contributed by atoms with Crippen molar-refractivity contribution in [3.05, 3.63) is 88.7 Å². The molecule has 1 aliphatic heterocycles. The highest BCUT2D eigenvalue weighted by molar-refractivity contribution is 5.98. The largest absolute Gasteiger partial charge is 0.478 e. The van der Waals surface area contributed by atoms with Crippen LogP contribution in [0.15, 0.2) is 60.7 Å². The number of nitrogens with one attached hydrogen (secondary N) is 1. The molecule has 1 aliphatic rings. The van der Waals surface area contributed by atoms with Crippen LogP contribution in [0.2, 0.25) is 0 Å². The van der Waals surface area contributed by atoms with E-state index in [1.54, 1.807) is 31.2 Å². The first-order chi connectivity index (χ1) is 16.1. The molecule has 0 aromatic heterocycles. The number of halogens is 1. The summed E-state index contributed by atoms with van der Waals surface area (Å²) in [6, 6.07) is 17.3. The number of carboxylic acid groups (broad SMARTS) is 1. The Morgan fingerprint density at radius 3 is 2.47 bits per heavy atom.